The van der Waals surface area contributed by atoms with Crippen molar-refractivity contribution in [1.29, 1.82) is 0 Å². The molecule has 2 heterocycles. The van der Waals surface area contributed by atoms with Gasteiger partial charge in [-0.05, 0) is 13.0 Å². The largest absolute Gasteiger partial charge is 0.480 e. The van der Waals surface area contributed by atoms with Crippen LogP contribution in [0.3, 0.4) is 0 Å². The van der Waals surface area contributed by atoms with E-state index in [4.69, 9.17) is 4.74 Å². The molecule has 2 rings (SSSR count). The average Bonchev–Trinajstić information content (AvgIpc) is 2.39. The minimum absolute atomic E-state index is 0.0145. The van der Waals surface area contributed by atoms with E-state index in [1.165, 1.54) is 12.1 Å². The highest BCUT2D eigenvalue weighted by Gasteiger charge is 2.41. The Hall–Kier alpha value is -2.22. The van der Waals surface area contributed by atoms with Crippen LogP contribution >= 0.6 is 0 Å². The summed E-state index contributed by atoms with van der Waals surface area (Å²) < 4.78 is 5.16. The van der Waals surface area contributed by atoms with Gasteiger partial charge < -0.3 is 15.2 Å². The molecule has 0 aliphatic carbocycles. The van der Waals surface area contributed by atoms with Gasteiger partial charge in [-0.15, -0.1) is 0 Å². The average molecular weight is 281 g/mol. The summed E-state index contributed by atoms with van der Waals surface area (Å²) in [5.74, 6) is -1.07. The molecule has 1 aromatic rings. The van der Waals surface area contributed by atoms with Gasteiger partial charge in [0.1, 0.15) is 5.54 Å². The number of carboxylic acid groups (broad SMARTS) is 1. The van der Waals surface area contributed by atoms with Crippen molar-refractivity contribution in [3.8, 4) is 0 Å². The van der Waals surface area contributed by atoms with Gasteiger partial charge in [0.05, 0.1) is 4.92 Å². The lowest BCUT2D eigenvalue weighted by atomic mass is 9.90. The summed E-state index contributed by atoms with van der Waals surface area (Å²) in [5.41, 5.74) is -0.933. The number of hydrogen-bond donors (Lipinski definition) is 2. The van der Waals surface area contributed by atoms with Crippen molar-refractivity contribution in [2.24, 2.45) is 0 Å². The Morgan fingerprint density at radius 3 is 2.70 bits per heavy atom. The number of carbonyl (C=O) groups is 1. The molecule has 1 fully saturated rings. The normalized spacial score (nSPS) is 17.4. The van der Waals surface area contributed by atoms with Crippen LogP contribution in [0, 0.1) is 17.0 Å². The standard InChI is InChI=1S/C12H15N3O5/c1-8-2-3-9(15(18)19)10(13-8)14-12(11(16)17)4-6-20-7-5-12/h2-3H,4-7H2,1H3,(H,13,14)(H,16,17). The van der Waals surface area contributed by atoms with Crippen LogP contribution in [0.1, 0.15) is 18.5 Å². The number of carboxylic acids is 1. The number of nitro groups is 1. The Bertz CT molecular complexity index is 540. The maximum Gasteiger partial charge on any atom is 0.329 e. The second-order valence-electron chi connectivity index (χ2n) is 4.70. The van der Waals surface area contributed by atoms with Gasteiger partial charge in [-0.1, -0.05) is 0 Å². The smallest absolute Gasteiger partial charge is 0.329 e. The predicted molar refractivity (Wildman–Crippen MR) is 69.7 cm³/mol. The zero-order valence-corrected chi connectivity index (χ0v) is 11.0. The Labute approximate surface area is 114 Å². The first kappa shape index (κ1) is 14.2. The maximum atomic E-state index is 11.5. The second kappa shape index (κ2) is 5.41. The van der Waals surface area contributed by atoms with Crippen LogP contribution in [0.25, 0.3) is 0 Å². The first-order valence-corrected chi connectivity index (χ1v) is 6.16. The molecule has 0 saturated carbocycles. The van der Waals surface area contributed by atoms with Gasteiger partial charge in [-0.3, -0.25) is 10.1 Å². The molecular formula is C12H15N3O5. The van der Waals surface area contributed by atoms with Crippen LogP contribution in [0.4, 0.5) is 11.5 Å². The lowest BCUT2D eigenvalue weighted by molar-refractivity contribution is -0.384. The van der Waals surface area contributed by atoms with Crippen molar-refractivity contribution in [3.63, 3.8) is 0 Å². The van der Waals surface area contributed by atoms with Gasteiger partial charge in [0.15, 0.2) is 0 Å². The van der Waals surface area contributed by atoms with Gasteiger partial charge in [-0.25, -0.2) is 9.78 Å². The van der Waals surface area contributed by atoms with E-state index >= 15 is 0 Å². The van der Waals surface area contributed by atoms with Crippen LogP contribution in [0.5, 0.6) is 0 Å². The van der Waals surface area contributed by atoms with E-state index in [9.17, 15) is 20.0 Å². The quantitative estimate of drug-likeness (QED) is 0.632. The van der Waals surface area contributed by atoms with Crippen molar-refractivity contribution in [2.45, 2.75) is 25.3 Å². The van der Waals surface area contributed by atoms with Crippen LogP contribution < -0.4 is 5.32 Å². The molecule has 8 heteroatoms. The molecule has 108 valence electrons. The highest BCUT2D eigenvalue weighted by molar-refractivity contribution is 5.83. The third-order valence-electron chi connectivity index (χ3n) is 3.32. The van der Waals surface area contributed by atoms with Crippen molar-refractivity contribution < 1.29 is 19.6 Å². The zero-order chi connectivity index (χ0) is 14.8. The molecule has 0 bridgehead atoms. The zero-order valence-electron chi connectivity index (χ0n) is 11.0. The van der Waals surface area contributed by atoms with E-state index in [-0.39, 0.29) is 24.3 Å². The van der Waals surface area contributed by atoms with E-state index in [1.807, 2.05) is 0 Å². The van der Waals surface area contributed by atoms with Gasteiger partial charge in [-0.2, -0.15) is 0 Å². The molecule has 0 aromatic carbocycles. The number of aryl methyl sites for hydroxylation is 1. The van der Waals surface area contributed by atoms with Crippen molar-refractivity contribution >= 4 is 17.5 Å². The SMILES string of the molecule is Cc1ccc([N+](=O)[O-])c(NC2(C(=O)O)CCOCC2)n1. The summed E-state index contributed by atoms with van der Waals surface area (Å²) in [7, 11) is 0. The minimum Gasteiger partial charge on any atom is -0.480 e. The van der Waals surface area contributed by atoms with Gasteiger partial charge in [0.25, 0.3) is 0 Å². The molecule has 1 aliphatic heterocycles. The number of rotatable bonds is 4. The molecule has 2 N–H and O–H groups in total. The molecule has 0 amide bonds. The molecule has 1 aliphatic rings. The van der Waals surface area contributed by atoms with Gasteiger partial charge >= 0.3 is 11.7 Å². The lowest BCUT2D eigenvalue weighted by Gasteiger charge is -2.34. The number of ether oxygens (including phenoxy) is 1. The summed E-state index contributed by atoms with van der Waals surface area (Å²) in [6.07, 6.45) is 0.463. The summed E-state index contributed by atoms with van der Waals surface area (Å²) in [6, 6.07) is 2.83. The Morgan fingerprint density at radius 2 is 2.15 bits per heavy atom. The van der Waals surface area contributed by atoms with E-state index in [2.05, 4.69) is 10.3 Å². The number of nitrogens with one attached hydrogen (secondary N) is 1. The van der Waals surface area contributed by atoms with Gasteiger partial charge in [0.2, 0.25) is 5.82 Å². The summed E-state index contributed by atoms with van der Waals surface area (Å²) in [4.78, 5) is 26.0. The molecule has 1 aromatic heterocycles. The first-order valence-electron chi connectivity index (χ1n) is 6.16. The molecule has 0 unspecified atom stereocenters. The lowest BCUT2D eigenvalue weighted by Crippen LogP contribution is -2.50. The van der Waals surface area contributed by atoms with E-state index in [0.717, 1.165) is 0 Å². The van der Waals surface area contributed by atoms with Crippen LogP contribution in [0.2, 0.25) is 0 Å². The highest BCUT2D eigenvalue weighted by Crippen LogP contribution is 2.30. The Morgan fingerprint density at radius 1 is 1.50 bits per heavy atom. The fourth-order valence-electron chi connectivity index (χ4n) is 2.13. The Kier molecular flexibility index (Phi) is 3.84. The summed E-state index contributed by atoms with van der Waals surface area (Å²) >= 11 is 0. The van der Waals surface area contributed by atoms with Crippen molar-refractivity contribution in [2.75, 3.05) is 18.5 Å². The number of aliphatic carboxylic acids is 1. The van der Waals surface area contributed by atoms with E-state index < -0.39 is 16.4 Å². The third kappa shape index (κ3) is 2.69. The summed E-state index contributed by atoms with van der Waals surface area (Å²) in [5, 5.41) is 23.2. The first-order chi connectivity index (χ1) is 9.44. The fraction of sp³-hybridized carbons (Fsp3) is 0.500. The molecule has 8 nitrogen and oxygen atoms in total. The number of anilines is 1. The number of hydrogen-bond acceptors (Lipinski definition) is 6. The number of aromatic nitrogens is 1. The highest BCUT2D eigenvalue weighted by atomic mass is 16.6. The predicted octanol–water partition coefficient (Wildman–Crippen LogP) is 1.34. The van der Waals surface area contributed by atoms with Crippen LogP contribution in [0.15, 0.2) is 12.1 Å². The molecule has 0 spiro atoms. The van der Waals surface area contributed by atoms with Gasteiger partial charge in [0, 0.05) is 37.8 Å². The second-order valence-corrected chi connectivity index (χ2v) is 4.70. The maximum absolute atomic E-state index is 11.5. The summed E-state index contributed by atoms with van der Waals surface area (Å²) in [6.45, 7) is 2.27. The molecule has 1 saturated heterocycles. The molecule has 0 atom stereocenters. The van der Waals surface area contributed by atoms with E-state index in [0.29, 0.717) is 18.9 Å². The monoisotopic (exact) mass is 281 g/mol. The van der Waals surface area contributed by atoms with Crippen molar-refractivity contribution in [3.05, 3.63) is 27.9 Å². The topological polar surface area (TPSA) is 115 Å². The van der Waals surface area contributed by atoms with Crippen LogP contribution in [-0.2, 0) is 9.53 Å². The number of pyridine rings is 1. The molecule has 0 radical (unpaired) electrons. The van der Waals surface area contributed by atoms with Crippen molar-refractivity contribution in [1.82, 2.24) is 4.98 Å². The molecule has 20 heavy (non-hydrogen) atoms. The number of nitrogens with zero attached hydrogens (tertiary/aromatic N) is 2. The minimum atomic E-state index is -1.27. The third-order valence-corrected chi connectivity index (χ3v) is 3.32. The Balaban J connectivity index is 2.38. The molecular weight excluding hydrogens is 266 g/mol. The fourth-order valence-corrected chi connectivity index (χ4v) is 2.13. The van der Waals surface area contributed by atoms with Crippen LogP contribution in [-0.4, -0.2) is 39.7 Å². The van der Waals surface area contributed by atoms with E-state index in [1.54, 1.807) is 6.92 Å².